The van der Waals surface area contributed by atoms with E-state index in [1.54, 1.807) is 0 Å². The number of nitrogens with one attached hydrogen (secondary N) is 2. The third-order valence-corrected chi connectivity index (χ3v) is 5.10. The highest BCUT2D eigenvalue weighted by molar-refractivity contribution is 5.86. The minimum absolute atomic E-state index is 0.0476. The van der Waals surface area contributed by atoms with Gasteiger partial charge in [0, 0.05) is 19.4 Å². The number of allylic oxidation sites excluding steroid dienone is 2. The average molecular weight is 447 g/mol. The van der Waals surface area contributed by atoms with Gasteiger partial charge < -0.3 is 25.2 Å². The van der Waals surface area contributed by atoms with E-state index in [9.17, 15) is 14.4 Å². The molecule has 176 valence electrons. The number of rotatable bonds is 8. The molecule has 1 heterocycles. The summed E-state index contributed by atoms with van der Waals surface area (Å²) in [6.07, 6.45) is 6.58. The molecule has 0 aliphatic carbocycles. The van der Waals surface area contributed by atoms with E-state index in [4.69, 9.17) is 14.6 Å². The van der Waals surface area contributed by atoms with Crippen molar-refractivity contribution in [2.24, 2.45) is 5.92 Å². The molecule has 0 radical (unpaired) electrons. The van der Waals surface area contributed by atoms with E-state index >= 15 is 0 Å². The summed E-state index contributed by atoms with van der Waals surface area (Å²) in [7, 11) is 0. The maximum absolute atomic E-state index is 12.9. The summed E-state index contributed by atoms with van der Waals surface area (Å²) < 4.78 is 10.8. The minimum Gasteiger partial charge on any atom is -0.456 e. The number of benzene rings is 1. The fraction of sp³-hybridized carbons (Fsp3) is 0.542. The van der Waals surface area contributed by atoms with Gasteiger partial charge in [0.2, 0.25) is 11.8 Å². The van der Waals surface area contributed by atoms with Crippen molar-refractivity contribution in [1.82, 2.24) is 10.6 Å². The van der Waals surface area contributed by atoms with Crippen LogP contribution in [0.4, 0.5) is 0 Å². The molecule has 0 aromatic heterocycles. The molecule has 1 aliphatic rings. The zero-order valence-electron chi connectivity index (χ0n) is 18.5. The Morgan fingerprint density at radius 3 is 2.75 bits per heavy atom. The van der Waals surface area contributed by atoms with Crippen LogP contribution < -0.4 is 10.6 Å². The highest BCUT2D eigenvalue weighted by atomic mass is 16.5. The first-order valence-electron chi connectivity index (χ1n) is 11.2. The molecule has 2 atom stereocenters. The van der Waals surface area contributed by atoms with Gasteiger partial charge in [0.1, 0.15) is 6.10 Å². The average Bonchev–Trinajstić information content (AvgIpc) is 2.80. The molecule has 0 saturated heterocycles. The maximum atomic E-state index is 12.9. The van der Waals surface area contributed by atoms with Gasteiger partial charge in [-0.3, -0.25) is 14.4 Å². The van der Waals surface area contributed by atoms with Gasteiger partial charge in [-0.25, -0.2) is 0 Å². The second-order valence-electron chi connectivity index (χ2n) is 7.67. The van der Waals surface area contributed by atoms with Gasteiger partial charge in [-0.15, -0.1) is 0 Å². The summed E-state index contributed by atoms with van der Waals surface area (Å²) in [4.78, 5) is 37.4. The second-order valence-corrected chi connectivity index (χ2v) is 7.67. The lowest BCUT2D eigenvalue weighted by Gasteiger charge is -2.21. The lowest BCUT2D eigenvalue weighted by atomic mass is 9.98. The third-order valence-electron chi connectivity index (χ3n) is 5.10. The van der Waals surface area contributed by atoms with Gasteiger partial charge in [-0.05, 0) is 31.2 Å². The van der Waals surface area contributed by atoms with Crippen molar-refractivity contribution in [3.05, 3.63) is 48.0 Å². The van der Waals surface area contributed by atoms with E-state index in [0.29, 0.717) is 26.0 Å². The number of carbonyl (C=O) groups is 3. The lowest BCUT2D eigenvalue weighted by molar-refractivity contribution is -0.150. The van der Waals surface area contributed by atoms with E-state index in [1.165, 1.54) is 0 Å². The summed E-state index contributed by atoms with van der Waals surface area (Å²) in [5, 5.41) is 14.3. The number of ether oxygens (including phenoxy) is 2. The molecular formula is C24H34N2O6. The molecule has 0 unspecified atom stereocenters. The number of esters is 1. The Morgan fingerprint density at radius 2 is 1.97 bits per heavy atom. The van der Waals surface area contributed by atoms with Gasteiger partial charge in [-0.2, -0.15) is 0 Å². The van der Waals surface area contributed by atoms with Crippen LogP contribution in [0.3, 0.4) is 0 Å². The van der Waals surface area contributed by atoms with Gasteiger partial charge in [0.05, 0.1) is 32.3 Å². The molecule has 1 aliphatic heterocycles. The van der Waals surface area contributed by atoms with Crippen LogP contribution in [0.15, 0.2) is 42.5 Å². The van der Waals surface area contributed by atoms with E-state index in [0.717, 1.165) is 24.8 Å². The Labute approximate surface area is 189 Å². The molecule has 0 saturated carbocycles. The molecule has 2 amide bonds. The summed E-state index contributed by atoms with van der Waals surface area (Å²) in [5.41, 5.74) is 0.810. The zero-order valence-corrected chi connectivity index (χ0v) is 18.5. The van der Waals surface area contributed by atoms with Crippen LogP contribution in [0.2, 0.25) is 0 Å². The van der Waals surface area contributed by atoms with Crippen molar-refractivity contribution < 1.29 is 29.0 Å². The van der Waals surface area contributed by atoms with Crippen molar-refractivity contribution in [3.63, 3.8) is 0 Å². The molecule has 0 spiro atoms. The Balaban J connectivity index is 2.00. The smallest absolute Gasteiger partial charge is 0.306 e. The molecule has 8 heteroatoms. The van der Waals surface area contributed by atoms with Crippen molar-refractivity contribution in [2.45, 2.75) is 44.6 Å². The quantitative estimate of drug-likeness (QED) is 0.320. The molecule has 0 fully saturated rings. The number of hydrogen-bond acceptors (Lipinski definition) is 6. The Kier molecular flexibility index (Phi) is 12.1. The second kappa shape index (κ2) is 15.2. The van der Waals surface area contributed by atoms with Crippen molar-refractivity contribution in [3.8, 4) is 0 Å². The number of carbonyl (C=O) groups excluding carboxylic acids is 3. The minimum atomic E-state index is -0.579. The highest BCUT2D eigenvalue weighted by Gasteiger charge is 2.23. The monoisotopic (exact) mass is 446 g/mol. The van der Waals surface area contributed by atoms with Crippen LogP contribution in [-0.4, -0.2) is 55.8 Å². The van der Waals surface area contributed by atoms with Crippen molar-refractivity contribution in [2.75, 3.05) is 32.9 Å². The predicted octanol–water partition coefficient (Wildman–Crippen LogP) is 2.04. The molecule has 1 aromatic carbocycles. The lowest BCUT2D eigenvalue weighted by Crippen LogP contribution is -2.38. The first-order chi connectivity index (χ1) is 15.6. The fourth-order valence-corrected chi connectivity index (χ4v) is 3.37. The summed E-state index contributed by atoms with van der Waals surface area (Å²) in [6.45, 7) is 0.911. The predicted molar refractivity (Wildman–Crippen MR) is 120 cm³/mol. The number of amides is 2. The molecule has 3 N–H and O–H groups in total. The number of aliphatic hydroxyl groups excluding tert-OH is 1. The van der Waals surface area contributed by atoms with Crippen LogP contribution in [0, 0.1) is 5.92 Å². The Hall–Kier alpha value is -2.71. The van der Waals surface area contributed by atoms with Gasteiger partial charge in [0.15, 0.2) is 0 Å². The Bertz CT molecular complexity index is 737. The van der Waals surface area contributed by atoms with Gasteiger partial charge in [0.25, 0.3) is 0 Å². The maximum Gasteiger partial charge on any atom is 0.306 e. The number of aliphatic hydroxyl groups is 1. The summed E-state index contributed by atoms with van der Waals surface area (Å²) in [6, 6.07) is 9.32. The van der Waals surface area contributed by atoms with Crippen molar-refractivity contribution >= 4 is 17.8 Å². The molecule has 8 nitrogen and oxygen atoms in total. The molecule has 1 aromatic rings. The SMILES string of the molecule is O=C(C[C@H]1CC=CCCCCC(=O)O[C@H](c2ccccc2)CNC1=O)NCCOCCO. The van der Waals surface area contributed by atoms with Crippen LogP contribution >= 0.6 is 0 Å². The topological polar surface area (TPSA) is 114 Å². The van der Waals surface area contributed by atoms with E-state index in [1.807, 2.05) is 42.5 Å². The fourth-order valence-electron chi connectivity index (χ4n) is 3.37. The van der Waals surface area contributed by atoms with Crippen LogP contribution in [0.25, 0.3) is 0 Å². The molecule has 0 bridgehead atoms. The van der Waals surface area contributed by atoms with E-state index in [2.05, 4.69) is 10.6 Å². The van der Waals surface area contributed by atoms with Gasteiger partial charge >= 0.3 is 5.97 Å². The van der Waals surface area contributed by atoms with E-state index in [-0.39, 0.29) is 44.0 Å². The Morgan fingerprint density at radius 1 is 1.16 bits per heavy atom. The molecule has 32 heavy (non-hydrogen) atoms. The van der Waals surface area contributed by atoms with E-state index < -0.39 is 12.0 Å². The summed E-state index contributed by atoms with van der Waals surface area (Å²) in [5.74, 6) is -1.30. The largest absolute Gasteiger partial charge is 0.456 e. The van der Waals surface area contributed by atoms with Crippen molar-refractivity contribution in [1.29, 1.82) is 0 Å². The standard InChI is InChI=1S/C24H34N2O6/c27-14-16-31-15-13-25-22(28)17-20-11-5-2-1-3-8-12-23(29)32-21(18-26-24(20)30)19-9-6-4-7-10-19/h2,4-7,9-10,20-21,27H,1,3,8,11-18H2,(H,25,28)(H,26,30)/t20-,21+/m1/s1. The first kappa shape index (κ1) is 25.5. The summed E-state index contributed by atoms with van der Waals surface area (Å²) >= 11 is 0. The number of hydrogen-bond donors (Lipinski definition) is 3. The third kappa shape index (κ3) is 10.1. The molecule has 2 rings (SSSR count). The first-order valence-corrected chi connectivity index (χ1v) is 11.2. The van der Waals surface area contributed by atoms with Crippen LogP contribution in [0.5, 0.6) is 0 Å². The zero-order chi connectivity index (χ0) is 23.0. The van der Waals surface area contributed by atoms with Crippen LogP contribution in [0.1, 0.15) is 50.2 Å². The van der Waals surface area contributed by atoms with Gasteiger partial charge in [-0.1, -0.05) is 42.5 Å². The number of cyclic esters (lactones) is 1. The molecular weight excluding hydrogens is 412 g/mol. The normalized spacial score (nSPS) is 20.7. The van der Waals surface area contributed by atoms with Crippen LogP contribution in [-0.2, 0) is 23.9 Å². The highest BCUT2D eigenvalue weighted by Crippen LogP contribution is 2.19.